The molecular weight excluding hydrogens is 344 g/mol. The van der Waals surface area contributed by atoms with Gasteiger partial charge >= 0.3 is 0 Å². The summed E-state index contributed by atoms with van der Waals surface area (Å²) in [6, 6.07) is 10.1. The van der Waals surface area contributed by atoms with Crippen LogP contribution in [0, 0.1) is 11.3 Å². The van der Waals surface area contributed by atoms with Crippen molar-refractivity contribution in [3.05, 3.63) is 46.5 Å². The number of benzene rings is 2. The first-order chi connectivity index (χ1) is 12.0. The number of nitrogens with one attached hydrogen (secondary N) is 1. The van der Waals surface area contributed by atoms with Crippen molar-refractivity contribution in [1.29, 1.82) is 5.26 Å². The molecule has 0 heterocycles. The summed E-state index contributed by atoms with van der Waals surface area (Å²) in [5.74, 6) is 1.18. The van der Waals surface area contributed by atoms with Crippen LogP contribution in [-0.2, 0) is 11.2 Å². The second-order valence-electron chi connectivity index (χ2n) is 5.06. The van der Waals surface area contributed by atoms with E-state index in [9.17, 15) is 4.79 Å². The summed E-state index contributed by atoms with van der Waals surface area (Å²) in [4.78, 5) is 12.3. The molecule has 0 unspecified atom stereocenters. The number of ether oxygens (including phenoxy) is 3. The Hall–Kier alpha value is -2.91. The molecule has 0 aliphatic rings. The highest BCUT2D eigenvalue weighted by Crippen LogP contribution is 2.38. The highest BCUT2D eigenvalue weighted by molar-refractivity contribution is 6.32. The molecule has 130 valence electrons. The highest BCUT2D eigenvalue weighted by Gasteiger charge is 2.15. The minimum absolute atomic E-state index is 0.105. The average Bonchev–Trinajstić information content (AvgIpc) is 2.60. The minimum Gasteiger partial charge on any atom is -0.493 e. The second-order valence-corrected chi connectivity index (χ2v) is 5.47. The zero-order valence-electron chi connectivity index (χ0n) is 14.1. The summed E-state index contributed by atoms with van der Waals surface area (Å²) in [6.45, 7) is 0. The van der Waals surface area contributed by atoms with Gasteiger partial charge in [0.15, 0.2) is 11.5 Å². The normalized spacial score (nSPS) is 9.88. The number of carbonyl (C=O) groups excluding carboxylic acids is 1. The zero-order chi connectivity index (χ0) is 18.4. The van der Waals surface area contributed by atoms with Crippen LogP contribution < -0.4 is 19.5 Å². The Morgan fingerprint density at radius 1 is 1.12 bits per heavy atom. The van der Waals surface area contributed by atoms with Crippen molar-refractivity contribution < 1.29 is 19.0 Å². The highest BCUT2D eigenvalue weighted by atomic mass is 35.5. The lowest BCUT2D eigenvalue weighted by molar-refractivity contribution is -0.115. The molecule has 0 atom stereocenters. The Morgan fingerprint density at radius 2 is 1.76 bits per heavy atom. The number of carbonyl (C=O) groups is 1. The number of nitrogens with zero attached hydrogens (tertiary/aromatic N) is 1. The molecule has 0 aliphatic carbocycles. The SMILES string of the molecule is COc1cc(CC(=O)Nc2ccc(C#N)c(Cl)c2)cc(OC)c1OC. The van der Waals surface area contributed by atoms with Crippen LogP contribution in [0.25, 0.3) is 0 Å². The molecule has 0 radical (unpaired) electrons. The van der Waals surface area contributed by atoms with Crippen molar-refractivity contribution >= 4 is 23.2 Å². The molecule has 0 bridgehead atoms. The van der Waals surface area contributed by atoms with Crippen LogP contribution in [0.3, 0.4) is 0 Å². The molecule has 25 heavy (non-hydrogen) atoms. The molecule has 0 fully saturated rings. The van der Waals surface area contributed by atoms with E-state index >= 15 is 0 Å². The predicted octanol–water partition coefficient (Wildman–Crippen LogP) is 3.42. The molecule has 0 saturated carbocycles. The summed E-state index contributed by atoms with van der Waals surface area (Å²) in [5.41, 5.74) is 1.57. The first kappa shape index (κ1) is 18.4. The Morgan fingerprint density at radius 3 is 2.24 bits per heavy atom. The largest absolute Gasteiger partial charge is 0.493 e. The van der Waals surface area contributed by atoms with Gasteiger partial charge in [0.2, 0.25) is 11.7 Å². The van der Waals surface area contributed by atoms with E-state index in [-0.39, 0.29) is 17.4 Å². The third-order valence-corrected chi connectivity index (χ3v) is 3.78. The van der Waals surface area contributed by atoms with E-state index < -0.39 is 0 Å². The molecule has 0 aromatic heterocycles. The van der Waals surface area contributed by atoms with Crippen molar-refractivity contribution in [3.8, 4) is 23.3 Å². The van der Waals surface area contributed by atoms with E-state index in [2.05, 4.69) is 5.32 Å². The summed E-state index contributed by atoms with van der Waals surface area (Å²) < 4.78 is 15.8. The maximum absolute atomic E-state index is 12.3. The topological polar surface area (TPSA) is 80.6 Å². The van der Waals surface area contributed by atoms with Gasteiger partial charge in [-0.3, -0.25) is 4.79 Å². The van der Waals surface area contributed by atoms with Gasteiger partial charge in [0.05, 0.1) is 38.3 Å². The lowest BCUT2D eigenvalue weighted by Gasteiger charge is -2.14. The maximum Gasteiger partial charge on any atom is 0.228 e. The number of halogens is 1. The van der Waals surface area contributed by atoms with Gasteiger partial charge in [-0.25, -0.2) is 0 Å². The molecule has 1 N–H and O–H groups in total. The fourth-order valence-electron chi connectivity index (χ4n) is 2.31. The zero-order valence-corrected chi connectivity index (χ0v) is 14.8. The summed E-state index contributed by atoms with van der Waals surface area (Å²) >= 11 is 5.96. The van der Waals surface area contributed by atoms with Gasteiger partial charge in [0.1, 0.15) is 6.07 Å². The number of rotatable bonds is 6. The predicted molar refractivity (Wildman–Crippen MR) is 94.6 cm³/mol. The summed E-state index contributed by atoms with van der Waals surface area (Å²) in [7, 11) is 4.54. The molecule has 7 heteroatoms. The van der Waals surface area contributed by atoms with Crippen LogP contribution in [0.15, 0.2) is 30.3 Å². The van der Waals surface area contributed by atoms with Crippen molar-refractivity contribution in [1.82, 2.24) is 0 Å². The molecule has 2 aromatic rings. The van der Waals surface area contributed by atoms with E-state index in [0.29, 0.717) is 34.1 Å². The van der Waals surface area contributed by atoms with Crippen LogP contribution in [0.1, 0.15) is 11.1 Å². The molecule has 1 amide bonds. The van der Waals surface area contributed by atoms with E-state index in [4.69, 9.17) is 31.1 Å². The van der Waals surface area contributed by atoms with Gasteiger partial charge < -0.3 is 19.5 Å². The number of hydrogen-bond acceptors (Lipinski definition) is 5. The molecule has 0 spiro atoms. The minimum atomic E-state index is -0.241. The van der Waals surface area contributed by atoms with Crippen molar-refractivity contribution in [2.75, 3.05) is 26.6 Å². The molecular formula is C18H17ClN2O4. The van der Waals surface area contributed by atoms with Gasteiger partial charge in [-0.05, 0) is 35.9 Å². The van der Waals surface area contributed by atoms with Crippen molar-refractivity contribution in [2.24, 2.45) is 0 Å². The Balaban J connectivity index is 2.18. The Kier molecular flexibility index (Phi) is 6.09. The molecule has 2 rings (SSSR count). The second kappa shape index (κ2) is 8.27. The van der Waals surface area contributed by atoms with Gasteiger partial charge in [0.25, 0.3) is 0 Å². The molecule has 2 aromatic carbocycles. The third-order valence-electron chi connectivity index (χ3n) is 3.46. The fourth-order valence-corrected chi connectivity index (χ4v) is 2.53. The monoisotopic (exact) mass is 360 g/mol. The number of methoxy groups -OCH3 is 3. The number of amides is 1. The summed E-state index contributed by atoms with van der Waals surface area (Å²) in [5, 5.41) is 11.9. The van der Waals surface area contributed by atoms with Gasteiger partial charge in [0, 0.05) is 5.69 Å². The fraction of sp³-hybridized carbons (Fsp3) is 0.222. The maximum atomic E-state index is 12.3. The van der Waals surface area contributed by atoms with E-state index in [1.807, 2.05) is 6.07 Å². The van der Waals surface area contributed by atoms with Gasteiger partial charge in [-0.15, -0.1) is 0 Å². The third kappa shape index (κ3) is 4.34. The van der Waals surface area contributed by atoms with Crippen LogP contribution in [0.2, 0.25) is 5.02 Å². The van der Waals surface area contributed by atoms with Crippen molar-refractivity contribution in [3.63, 3.8) is 0 Å². The average molecular weight is 361 g/mol. The lowest BCUT2D eigenvalue weighted by atomic mass is 10.1. The standard InChI is InChI=1S/C18H17ClN2O4/c1-23-15-6-11(7-16(24-2)18(15)25-3)8-17(22)21-13-5-4-12(10-20)14(19)9-13/h4-7,9H,8H2,1-3H3,(H,21,22). The quantitative estimate of drug-likeness (QED) is 0.853. The van der Waals surface area contributed by atoms with Crippen LogP contribution in [0.4, 0.5) is 5.69 Å². The van der Waals surface area contributed by atoms with Crippen molar-refractivity contribution in [2.45, 2.75) is 6.42 Å². The number of anilines is 1. The van der Waals surface area contributed by atoms with E-state index in [1.165, 1.54) is 27.4 Å². The number of nitriles is 1. The smallest absolute Gasteiger partial charge is 0.228 e. The molecule has 6 nitrogen and oxygen atoms in total. The van der Waals surface area contributed by atoms with Crippen LogP contribution in [0.5, 0.6) is 17.2 Å². The number of hydrogen-bond donors (Lipinski definition) is 1. The van der Waals surface area contributed by atoms with Gasteiger partial charge in [-0.2, -0.15) is 5.26 Å². The molecule has 0 saturated heterocycles. The lowest BCUT2D eigenvalue weighted by Crippen LogP contribution is -2.14. The van der Waals surface area contributed by atoms with E-state index in [0.717, 1.165) is 0 Å². The first-order valence-electron chi connectivity index (χ1n) is 7.30. The van der Waals surface area contributed by atoms with Gasteiger partial charge in [-0.1, -0.05) is 11.6 Å². The summed E-state index contributed by atoms with van der Waals surface area (Å²) in [6.07, 6.45) is 0.105. The van der Waals surface area contributed by atoms with Crippen LogP contribution in [-0.4, -0.2) is 27.2 Å². The first-order valence-corrected chi connectivity index (χ1v) is 7.68. The molecule has 0 aliphatic heterocycles. The van der Waals surface area contributed by atoms with E-state index in [1.54, 1.807) is 24.3 Å². The Bertz CT molecular complexity index is 805. The van der Waals surface area contributed by atoms with Crippen LogP contribution >= 0.6 is 11.6 Å². The Labute approximate surface area is 150 Å².